The number of hydrogen-bond acceptors (Lipinski definition) is 3. The second kappa shape index (κ2) is 4.98. The summed E-state index contributed by atoms with van der Waals surface area (Å²) in [7, 11) is 0. The highest BCUT2D eigenvalue weighted by Crippen LogP contribution is 2.40. The van der Waals surface area contributed by atoms with Crippen LogP contribution in [0.2, 0.25) is 0 Å². The van der Waals surface area contributed by atoms with E-state index in [0.717, 1.165) is 29.3 Å². The third-order valence-corrected chi connectivity index (χ3v) is 4.57. The van der Waals surface area contributed by atoms with Crippen LogP contribution < -0.4 is 5.43 Å². The molecule has 2 aliphatic carbocycles. The number of phenolic OH excluding ortho intramolecular Hbond substituents is 1. The molecule has 2 atom stereocenters. The predicted molar refractivity (Wildman–Crippen MR) is 85.9 cm³/mol. The molecule has 2 aromatic carbocycles. The Morgan fingerprint density at radius 1 is 1.23 bits per heavy atom. The van der Waals surface area contributed by atoms with Gasteiger partial charge in [-0.2, -0.15) is 5.10 Å². The average Bonchev–Trinajstić information content (AvgIpc) is 2.88. The van der Waals surface area contributed by atoms with Crippen molar-refractivity contribution in [1.82, 2.24) is 5.43 Å². The van der Waals surface area contributed by atoms with E-state index < -0.39 is 0 Å². The summed E-state index contributed by atoms with van der Waals surface area (Å²) in [4.78, 5) is 12.3. The number of fused-ring (bicyclic) bond motifs is 2. The van der Waals surface area contributed by atoms with Crippen LogP contribution in [0.5, 0.6) is 5.75 Å². The summed E-state index contributed by atoms with van der Waals surface area (Å²) < 4.78 is 0. The van der Waals surface area contributed by atoms with Gasteiger partial charge in [0.1, 0.15) is 5.75 Å². The lowest BCUT2D eigenvalue weighted by Gasteiger charge is -2.31. The second-order valence-corrected chi connectivity index (χ2v) is 5.90. The van der Waals surface area contributed by atoms with Gasteiger partial charge in [0.05, 0.1) is 5.56 Å². The molecule has 4 nitrogen and oxygen atoms in total. The molecule has 1 amide bonds. The number of hydrogen-bond donors (Lipinski definition) is 2. The average molecular weight is 292 g/mol. The summed E-state index contributed by atoms with van der Waals surface area (Å²) in [5, 5.41) is 16.1. The minimum Gasteiger partial charge on any atom is -0.507 e. The molecule has 4 heteroatoms. The number of nitrogens with zero attached hydrogens (tertiary/aromatic N) is 1. The van der Waals surface area contributed by atoms with Gasteiger partial charge in [-0.05, 0) is 41.7 Å². The first kappa shape index (κ1) is 13.1. The number of carbonyl (C=O) groups excluding carboxylic acids is 1. The number of rotatable bonds is 2. The van der Waals surface area contributed by atoms with Gasteiger partial charge >= 0.3 is 0 Å². The molecule has 0 aliphatic heterocycles. The molecule has 4 rings (SSSR count). The maximum absolute atomic E-state index is 12.3. The van der Waals surface area contributed by atoms with Gasteiger partial charge < -0.3 is 5.11 Å². The van der Waals surface area contributed by atoms with Gasteiger partial charge in [0.15, 0.2) is 0 Å². The summed E-state index contributed by atoms with van der Waals surface area (Å²) in [5.41, 5.74) is 3.88. The van der Waals surface area contributed by atoms with E-state index in [4.69, 9.17) is 0 Å². The fraction of sp³-hybridized carbons (Fsp3) is 0.222. The topological polar surface area (TPSA) is 61.7 Å². The van der Waals surface area contributed by atoms with Gasteiger partial charge in [0, 0.05) is 11.6 Å². The quantitative estimate of drug-likeness (QED) is 0.659. The third-order valence-electron chi connectivity index (χ3n) is 4.57. The zero-order valence-electron chi connectivity index (χ0n) is 12.0. The molecule has 2 aliphatic rings. The molecule has 110 valence electrons. The van der Waals surface area contributed by atoms with Crippen LogP contribution in [0, 0.1) is 11.8 Å². The van der Waals surface area contributed by atoms with Crippen LogP contribution in [0.3, 0.4) is 0 Å². The van der Waals surface area contributed by atoms with Crippen LogP contribution in [0.4, 0.5) is 0 Å². The van der Waals surface area contributed by atoms with Crippen molar-refractivity contribution >= 4 is 22.4 Å². The number of hydrazone groups is 1. The summed E-state index contributed by atoms with van der Waals surface area (Å²) in [5.74, 6) is 0.672. The van der Waals surface area contributed by atoms with Gasteiger partial charge in [0.25, 0.3) is 5.91 Å². The minimum atomic E-state index is -0.370. The molecule has 2 N–H and O–H groups in total. The molecule has 2 aromatic rings. The van der Waals surface area contributed by atoms with Crippen molar-refractivity contribution in [3.8, 4) is 5.75 Å². The van der Waals surface area contributed by atoms with Crippen LogP contribution >= 0.6 is 0 Å². The number of phenols is 1. The Morgan fingerprint density at radius 2 is 2.00 bits per heavy atom. The number of aromatic hydroxyl groups is 1. The van der Waals surface area contributed by atoms with Crippen molar-refractivity contribution in [2.75, 3.05) is 0 Å². The van der Waals surface area contributed by atoms with Crippen molar-refractivity contribution in [2.24, 2.45) is 16.9 Å². The monoisotopic (exact) mass is 292 g/mol. The van der Waals surface area contributed by atoms with Crippen molar-refractivity contribution in [1.29, 1.82) is 0 Å². The summed E-state index contributed by atoms with van der Waals surface area (Å²) in [6.45, 7) is 0. The first-order valence-electron chi connectivity index (χ1n) is 7.47. The molecular formula is C18H16N2O2. The van der Waals surface area contributed by atoms with Gasteiger partial charge in [-0.15, -0.1) is 0 Å². The highest BCUT2D eigenvalue weighted by Gasteiger charge is 2.38. The number of amides is 1. The van der Waals surface area contributed by atoms with Crippen LogP contribution in [0.25, 0.3) is 10.8 Å². The Kier molecular flexibility index (Phi) is 2.96. The Hall–Kier alpha value is -2.62. The van der Waals surface area contributed by atoms with Crippen LogP contribution in [0.1, 0.15) is 23.2 Å². The van der Waals surface area contributed by atoms with E-state index in [9.17, 15) is 9.90 Å². The van der Waals surface area contributed by atoms with Gasteiger partial charge in [-0.1, -0.05) is 36.4 Å². The molecule has 0 aromatic heterocycles. The first-order valence-corrected chi connectivity index (χ1v) is 7.47. The maximum Gasteiger partial charge on any atom is 0.275 e. The molecular weight excluding hydrogens is 276 g/mol. The lowest BCUT2D eigenvalue weighted by molar-refractivity contribution is 0.0951. The molecule has 0 heterocycles. The van der Waals surface area contributed by atoms with Crippen molar-refractivity contribution in [3.63, 3.8) is 0 Å². The summed E-state index contributed by atoms with van der Waals surface area (Å²) in [6, 6.07) is 10.9. The maximum atomic E-state index is 12.3. The van der Waals surface area contributed by atoms with Gasteiger partial charge in [0.2, 0.25) is 0 Å². The minimum absolute atomic E-state index is 0.0228. The summed E-state index contributed by atoms with van der Waals surface area (Å²) >= 11 is 0. The largest absolute Gasteiger partial charge is 0.507 e. The predicted octanol–water partition coefficient (Wildman–Crippen LogP) is 3.23. The van der Waals surface area contributed by atoms with E-state index in [1.165, 1.54) is 0 Å². The van der Waals surface area contributed by atoms with E-state index in [0.29, 0.717) is 11.8 Å². The van der Waals surface area contributed by atoms with Gasteiger partial charge in [-0.25, -0.2) is 5.43 Å². The smallest absolute Gasteiger partial charge is 0.275 e. The van der Waals surface area contributed by atoms with Crippen LogP contribution in [0.15, 0.2) is 53.7 Å². The van der Waals surface area contributed by atoms with Crippen molar-refractivity contribution in [3.05, 3.63) is 54.1 Å². The zero-order chi connectivity index (χ0) is 15.1. The third kappa shape index (κ3) is 2.08. The molecule has 1 saturated carbocycles. The van der Waals surface area contributed by atoms with Gasteiger partial charge in [-0.3, -0.25) is 4.79 Å². The Morgan fingerprint density at radius 3 is 2.77 bits per heavy atom. The fourth-order valence-corrected chi connectivity index (χ4v) is 3.26. The zero-order valence-corrected chi connectivity index (χ0v) is 12.0. The molecule has 0 radical (unpaired) electrons. The standard InChI is InChI=1S/C18H16N2O2/c21-17-10-12-5-2-1-4-11(12)8-15(17)18(22)20-19-16-9-13-6-3-7-14(13)16/h1-6,8,10,13-14,21H,7,9H2,(H,20,22)/b19-16-/t13-,14-/m1/s1. The van der Waals surface area contributed by atoms with Crippen molar-refractivity contribution < 1.29 is 9.90 Å². The Balaban J connectivity index is 1.55. The molecule has 0 saturated heterocycles. The molecule has 0 spiro atoms. The lowest BCUT2D eigenvalue weighted by atomic mass is 9.74. The lowest BCUT2D eigenvalue weighted by Crippen LogP contribution is -2.35. The van der Waals surface area contributed by atoms with Crippen LogP contribution in [-0.2, 0) is 0 Å². The second-order valence-electron chi connectivity index (χ2n) is 5.90. The van der Waals surface area contributed by atoms with E-state index in [2.05, 4.69) is 22.7 Å². The molecule has 0 unspecified atom stereocenters. The number of allylic oxidation sites excluding steroid dienone is 2. The SMILES string of the molecule is O=C(N/N=C1/C[C@H]2C=CC[C@@H]12)c1cc2ccccc2cc1O. The first-order chi connectivity index (χ1) is 10.7. The number of nitrogens with one attached hydrogen (secondary N) is 1. The Labute approximate surface area is 128 Å². The molecule has 22 heavy (non-hydrogen) atoms. The summed E-state index contributed by atoms with van der Waals surface area (Å²) in [6.07, 6.45) is 6.33. The van der Waals surface area contributed by atoms with E-state index in [-0.39, 0.29) is 17.2 Å². The number of benzene rings is 2. The normalized spacial score (nSPS) is 24.3. The van der Waals surface area contributed by atoms with Crippen molar-refractivity contribution in [2.45, 2.75) is 12.8 Å². The highest BCUT2D eigenvalue weighted by molar-refractivity contribution is 6.02. The molecule has 0 bridgehead atoms. The highest BCUT2D eigenvalue weighted by atomic mass is 16.3. The fourth-order valence-electron chi connectivity index (χ4n) is 3.26. The number of carbonyl (C=O) groups is 1. The molecule has 1 fully saturated rings. The van der Waals surface area contributed by atoms with Crippen LogP contribution in [-0.4, -0.2) is 16.7 Å². The van der Waals surface area contributed by atoms with E-state index >= 15 is 0 Å². The van der Waals surface area contributed by atoms with E-state index in [1.807, 2.05) is 24.3 Å². The Bertz CT molecular complexity index is 823. The van der Waals surface area contributed by atoms with E-state index in [1.54, 1.807) is 12.1 Å².